The molecule has 4 rings (SSSR count). The topological polar surface area (TPSA) is 120 Å². The zero-order chi connectivity index (χ0) is 22.2. The molecule has 1 saturated carbocycles. The molecule has 1 fully saturated rings. The van der Waals surface area contributed by atoms with Crippen LogP contribution in [0, 0.1) is 13.8 Å². The third-order valence-electron chi connectivity index (χ3n) is 5.13. The van der Waals surface area contributed by atoms with E-state index >= 15 is 0 Å². The van der Waals surface area contributed by atoms with Gasteiger partial charge in [-0.15, -0.1) is 5.10 Å². The second kappa shape index (κ2) is 8.45. The molecule has 3 aromatic rings. The molecule has 1 aliphatic carbocycles. The molecular formula is C21H23N5O3S2. The van der Waals surface area contributed by atoms with Gasteiger partial charge in [0.15, 0.2) is 0 Å². The van der Waals surface area contributed by atoms with Gasteiger partial charge in [0.05, 0.1) is 16.3 Å². The normalized spacial score (nSPS) is 13.9. The van der Waals surface area contributed by atoms with Crippen LogP contribution in [0.1, 0.15) is 35.7 Å². The molecule has 0 aliphatic heterocycles. The Balaban J connectivity index is 1.48. The van der Waals surface area contributed by atoms with Crippen molar-refractivity contribution >= 4 is 33.4 Å². The van der Waals surface area contributed by atoms with E-state index in [9.17, 15) is 13.2 Å². The lowest BCUT2D eigenvalue weighted by Crippen LogP contribution is -2.17. The van der Waals surface area contributed by atoms with Crippen LogP contribution in [0.5, 0.6) is 0 Å². The average Bonchev–Trinajstić information content (AvgIpc) is 3.49. The molecule has 10 heteroatoms. The number of aryl methyl sites for hydroxylation is 1. The summed E-state index contributed by atoms with van der Waals surface area (Å²) in [4.78, 5) is 17.2. The molecule has 3 N–H and O–H groups in total. The predicted molar refractivity (Wildman–Crippen MR) is 120 cm³/mol. The summed E-state index contributed by atoms with van der Waals surface area (Å²) in [6, 6.07) is 12.7. The molecule has 162 valence electrons. The summed E-state index contributed by atoms with van der Waals surface area (Å²) in [7, 11) is -3.87. The summed E-state index contributed by atoms with van der Waals surface area (Å²) in [6.07, 6.45) is 2.18. The van der Waals surface area contributed by atoms with Crippen molar-refractivity contribution in [1.82, 2.24) is 14.8 Å². The van der Waals surface area contributed by atoms with Gasteiger partial charge in [-0.2, -0.15) is 0 Å². The lowest BCUT2D eigenvalue weighted by molar-refractivity contribution is -0.113. The summed E-state index contributed by atoms with van der Waals surface area (Å²) in [5, 5.41) is 13.1. The molecule has 1 amide bonds. The van der Waals surface area contributed by atoms with Crippen molar-refractivity contribution in [3.8, 4) is 5.69 Å². The highest BCUT2D eigenvalue weighted by Crippen LogP contribution is 2.40. The molecule has 8 nitrogen and oxygen atoms in total. The maximum absolute atomic E-state index is 12.5. The number of benzene rings is 2. The Morgan fingerprint density at radius 1 is 1.23 bits per heavy atom. The number of hydrogen-bond acceptors (Lipinski definition) is 6. The number of hydrogen-bond donors (Lipinski definition) is 2. The van der Waals surface area contributed by atoms with Crippen molar-refractivity contribution in [2.75, 3.05) is 11.1 Å². The van der Waals surface area contributed by atoms with Gasteiger partial charge in [-0.1, -0.05) is 30.0 Å². The molecule has 31 heavy (non-hydrogen) atoms. The van der Waals surface area contributed by atoms with E-state index in [1.165, 1.54) is 23.9 Å². The number of primary sulfonamides is 1. The average molecular weight is 458 g/mol. The number of rotatable bonds is 7. The number of para-hydroxylation sites is 1. The van der Waals surface area contributed by atoms with E-state index in [4.69, 9.17) is 5.14 Å². The second-order valence-electron chi connectivity index (χ2n) is 7.57. The first-order chi connectivity index (χ1) is 14.7. The van der Waals surface area contributed by atoms with Gasteiger partial charge < -0.3 is 5.32 Å². The number of sulfonamides is 1. The highest BCUT2D eigenvalue weighted by molar-refractivity contribution is 7.99. The second-order valence-corrected chi connectivity index (χ2v) is 10.1. The summed E-state index contributed by atoms with van der Waals surface area (Å²) >= 11 is 1.24. The Morgan fingerprint density at radius 3 is 2.58 bits per heavy atom. The highest BCUT2D eigenvalue weighted by Gasteiger charge is 2.30. The Bertz CT molecular complexity index is 1240. The maximum Gasteiger partial charge on any atom is 0.238 e. The van der Waals surface area contributed by atoms with Gasteiger partial charge in [0.25, 0.3) is 0 Å². The monoisotopic (exact) mass is 457 g/mol. The predicted octanol–water partition coefficient (Wildman–Crippen LogP) is 3.14. The van der Waals surface area contributed by atoms with Crippen molar-refractivity contribution in [2.45, 2.75) is 42.7 Å². The third kappa shape index (κ3) is 4.97. The summed E-state index contributed by atoms with van der Waals surface area (Å²) < 4.78 is 25.2. The first-order valence-corrected chi connectivity index (χ1v) is 12.3. The number of aromatic nitrogens is 3. The fourth-order valence-corrected chi connectivity index (χ4v) is 4.42. The van der Waals surface area contributed by atoms with E-state index in [-0.39, 0.29) is 16.6 Å². The molecule has 0 unspecified atom stereocenters. The fourth-order valence-electron chi connectivity index (χ4n) is 3.17. The largest absolute Gasteiger partial charge is 0.325 e. The lowest BCUT2D eigenvalue weighted by atomic mass is 10.1. The van der Waals surface area contributed by atoms with Crippen LogP contribution in [0.15, 0.2) is 52.5 Å². The molecule has 1 aliphatic rings. The van der Waals surface area contributed by atoms with E-state index < -0.39 is 10.0 Å². The van der Waals surface area contributed by atoms with Gasteiger partial charge in [0, 0.05) is 11.6 Å². The molecule has 1 heterocycles. The smallest absolute Gasteiger partial charge is 0.238 e. The maximum atomic E-state index is 12.5. The van der Waals surface area contributed by atoms with Gasteiger partial charge in [-0.3, -0.25) is 4.79 Å². The Labute approximate surface area is 185 Å². The Hall–Kier alpha value is -2.69. The number of anilines is 1. The zero-order valence-corrected chi connectivity index (χ0v) is 18.8. The SMILES string of the molecule is Cc1cc(S(N)(=O)=O)cc(NC(=O)CSc2nc(C3CC3)n(-c3ccccc3)n2)c1C. The first-order valence-electron chi connectivity index (χ1n) is 9.81. The fraction of sp³-hybridized carbons (Fsp3) is 0.286. The standard InChI is InChI=1S/C21H23N5O3S2/c1-13-10-17(31(22,28)29)11-18(14(13)2)23-19(27)12-30-21-24-20(15-8-9-15)26(25-21)16-6-4-3-5-7-16/h3-7,10-11,15H,8-9,12H2,1-2H3,(H,23,27)(H2,22,28,29). The summed E-state index contributed by atoms with van der Waals surface area (Å²) in [5.74, 6) is 1.15. The summed E-state index contributed by atoms with van der Waals surface area (Å²) in [6.45, 7) is 3.59. The minimum atomic E-state index is -3.87. The molecule has 0 bridgehead atoms. The number of nitrogens with one attached hydrogen (secondary N) is 1. The van der Waals surface area contributed by atoms with Crippen molar-refractivity contribution in [2.24, 2.45) is 5.14 Å². The van der Waals surface area contributed by atoms with Crippen LogP contribution in [0.3, 0.4) is 0 Å². The van der Waals surface area contributed by atoms with Crippen LogP contribution >= 0.6 is 11.8 Å². The third-order valence-corrected chi connectivity index (χ3v) is 6.86. The van der Waals surface area contributed by atoms with E-state index in [1.807, 2.05) is 41.9 Å². The van der Waals surface area contributed by atoms with Gasteiger partial charge in [-0.25, -0.2) is 23.2 Å². The Kier molecular flexibility index (Phi) is 5.87. The highest BCUT2D eigenvalue weighted by atomic mass is 32.2. The number of carbonyl (C=O) groups is 1. The quantitative estimate of drug-likeness (QED) is 0.526. The number of nitrogens with two attached hydrogens (primary N) is 1. The Morgan fingerprint density at radius 2 is 1.94 bits per heavy atom. The molecule has 0 radical (unpaired) electrons. The molecular weight excluding hydrogens is 434 g/mol. The van der Waals surface area contributed by atoms with Gasteiger partial charge in [0.2, 0.25) is 21.1 Å². The van der Waals surface area contributed by atoms with Crippen LogP contribution < -0.4 is 10.5 Å². The van der Waals surface area contributed by atoms with E-state index in [0.29, 0.717) is 16.8 Å². The molecule has 0 saturated heterocycles. The van der Waals surface area contributed by atoms with Crippen LogP contribution in [-0.2, 0) is 14.8 Å². The van der Waals surface area contributed by atoms with E-state index in [1.54, 1.807) is 6.92 Å². The number of nitrogens with zero attached hydrogens (tertiary/aromatic N) is 3. The van der Waals surface area contributed by atoms with E-state index in [2.05, 4.69) is 15.4 Å². The number of carbonyl (C=O) groups excluding carboxylic acids is 1. The van der Waals surface area contributed by atoms with Crippen molar-refractivity contribution < 1.29 is 13.2 Å². The van der Waals surface area contributed by atoms with Crippen LogP contribution in [0.2, 0.25) is 0 Å². The first kappa shape index (κ1) is 21.5. The van der Waals surface area contributed by atoms with Crippen molar-refractivity contribution in [3.63, 3.8) is 0 Å². The van der Waals surface area contributed by atoms with E-state index in [0.717, 1.165) is 35.5 Å². The van der Waals surface area contributed by atoms with Crippen molar-refractivity contribution in [3.05, 3.63) is 59.4 Å². The minimum Gasteiger partial charge on any atom is -0.325 e. The van der Waals surface area contributed by atoms with Crippen LogP contribution in [-0.4, -0.2) is 34.8 Å². The van der Waals surface area contributed by atoms with Crippen LogP contribution in [0.25, 0.3) is 5.69 Å². The zero-order valence-electron chi connectivity index (χ0n) is 17.2. The number of amides is 1. The van der Waals surface area contributed by atoms with Crippen molar-refractivity contribution in [1.29, 1.82) is 0 Å². The number of thioether (sulfide) groups is 1. The molecule has 1 aromatic heterocycles. The minimum absolute atomic E-state index is 0.0316. The lowest BCUT2D eigenvalue weighted by Gasteiger charge is -2.12. The molecule has 0 spiro atoms. The molecule has 2 aromatic carbocycles. The van der Waals surface area contributed by atoms with Gasteiger partial charge >= 0.3 is 0 Å². The van der Waals surface area contributed by atoms with Gasteiger partial charge in [0.1, 0.15) is 5.82 Å². The van der Waals surface area contributed by atoms with Crippen LogP contribution in [0.4, 0.5) is 5.69 Å². The summed E-state index contributed by atoms with van der Waals surface area (Å²) in [5.41, 5.74) is 2.88. The molecule has 0 atom stereocenters. The van der Waals surface area contributed by atoms with Gasteiger partial charge in [-0.05, 0) is 62.1 Å².